The van der Waals surface area contributed by atoms with Gasteiger partial charge in [-0.25, -0.2) is 9.97 Å². The van der Waals surface area contributed by atoms with Gasteiger partial charge in [0, 0.05) is 79.0 Å². The van der Waals surface area contributed by atoms with Crippen LogP contribution in [0.1, 0.15) is 108 Å². The van der Waals surface area contributed by atoms with E-state index in [1.165, 1.54) is 5.56 Å². The highest BCUT2D eigenvalue weighted by Gasteiger charge is 2.30. The molecule has 0 saturated heterocycles. The van der Waals surface area contributed by atoms with E-state index in [0.29, 0.717) is 12.8 Å². The monoisotopic (exact) mass is 724 g/mol. The molecule has 0 radical (unpaired) electrons. The van der Waals surface area contributed by atoms with Gasteiger partial charge in [-0.3, -0.25) is 9.59 Å². The average molecular weight is 727 g/mol. The maximum Gasteiger partial charge on any atom is 0.303 e. The first-order valence-corrected chi connectivity index (χ1v) is 16.6. The van der Waals surface area contributed by atoms with Gasteiger partial charge in [0.25, 0.3) is 0 Å². The SMILES string of the molecule is CC1=C(CCC(=O)O)c2cc3[nH+]c(cc4[nH]c(cc5[nH]c(cc1[nH+]2)c(C)c5C(C)Br)c(C)c4C(C)Br)C(C)=C3CCC(=O)O. The third-order valence-corrected chi connectivity index (χ3v) is 9.68. The first-order chi connectivity index (χ1) is 20.8. The van der Waals surface area contributed by atoms with Crippen molar-refractivity contribution in [2.45, 2.75) is 76.9 Å². The van der Waals surface area contributed by atoms with Gasteiger partial charge >= 0.3 is 11.9 Å². The quantitative estimate of drug-likeness (QED) is 0.174. The van der Waals surface area contributed by atoms with Crippen LogP contribution in [-0.4, -0.2) is 32.1 Å². The Morgan fingerprint density at radius 1 is 0.659 bits per heavy atom. The molecule has 5 rings (SSSR count). The average Bonchev–Trinajstić information content (AvgIpc) is 3.59. The minimum absolute atomic E-state index is 0.000564. The second-order valence-corrected chi connectivity index (χ2v) is 14.4. The van der Waals surface area contributed by atoms with Gasteiger partial charge in [0.05, 0.1) is 6.07 Å². The maximum atomic E-state index is 11.6. The zero-order chi connectivity index (χ0) is 32.0. The Balaban J connectivity index is 1.95. The number of carbonyl (C=O) groups is 2. The normalized spacial score (nSPS) is 14.7. The Kier molecular flexibility index (Phi) is 9.05. The van der Waals surface area contributed by atoms with Crippen molar-refractivity contribution in [3.63, 3.8) is 0 Å². The summed E-state index contributed by atoms with van der Waals surface area (Å²) < 4.78 is 0. The molecule has 44 heavy (non-hydrogen) atoms. The number of fused-ring (bicyclic) bond motifs is 8. The summed E-state index contributed by atoms with van der Waals surface area (Å²) in [6.07, 6.45) is 0.730. The molecule has 3 aromatic rings. The van der Waals surface area contributed by atoms with Crippen LogP contribution in [0.5, 0.6) is 0 Å². The molecule has 10 heteroatoms. The smallest absolute Gasteiger partial charge is 0.303 e. The van der Waals surface area contributed by atoms with Crippen LogP contribution in [0.4, 0.5) is 0 Å². The van der Waals surface area contributed by atoms with E-state index < -0.39 is 11.9 Å². The molecule has 0 fully saturated rings. The summed E-state index contributed by atoms with van der Waals surface area (Å²) >= 11 is 7.63. The second-order valence-electron chi connectivity index (χ2n) is 11.7. The summed E-state index contributed by atoms with van der Waals surface area (Å²) in [7, 11) is 0. The first kappa shape index (κ1) is 31.9. The third-order valence-electron chi connectivity index (χ3n) is 8.77. The molecule has 6 N–H and O–H groups in total. The number of carboxylic acids is 2. The Morgan fingerprint density at radius 2 is 1.05 bits per heavy atom. The lowest BCUT2D eigenvalue weighted by Gasteiger charge is -2.03. The molecule has 0 aliphatic carbocycles. The standard InChI is InChI=1S/C34H36Br2N4O4/c1-15-21(7-9-31(41)42)27-14-28-22(8-10-32(43)44)16(2)24(38-28)12-29-34(20(6)36)18(4)26(40-29)13-30-33(19(5)35)17(3)25(39-30)11-23(15)37-27/h11-14,19-20,39-40H,7-10H2,1-6H3,(H,41,42)(H,43,44)/p+2. The molecule has 2 atom stereocenters. The summed E-state index contributed by atoms with van der Waals surface area (Å²) in [6, 6.07) is 8.36. The van der Waals surface area contributed by atoms with E-state index in [2.05, 4.69) is 97.7 Å². The van der Waals surface area contributed by atoms with E-state index in [1.807, 2.05) is 19.9 Å². The van der Waals surface area contributed by atoms with Crippen molar-refractivity contribution in [1.82, 2.24) is 9.97 Å². The van der Waals surface area contributed by atoms with E-state index in [-0.39, 0.29) is 22.5 Å². The number of rotatable bonds is 8. The molecule has 5 heterocycles. The largest absolute Gasteiger partial charge is 0.481 e. The third kappa shape index (κ3) is 6.06. The van der Waals surface area contributed by atoms with Gasteiger partial charge in [0.1, 0.15) is 0 Å². The fraction of sp³-hybridized carbons (Fsp3) is 0.353. The van der Waals surface area contributed by atoms with Gasteiger partial charge in [-0.1, -0.05) is 31.9 Å². The summed E-state index contributed by atoms with van der Waals surface area (Å²) in [5.41, 5.74) is 15.7. The van der Waals surface area contributed by atoms with Crippen LogP contribution < -0.4 is 9.97 Å². The second kappa shape index (κ2) is 12.5. The molecule has 2 aliphatic rings. The van der Waals surface area contributed by atoms with E-state index in [0.717, 1.165) is 83.8 Å². The molecular formula is C34H38Br2N4O4+2. The number of aryl methyl sites for hydroxylation is 2. The molecule has 2 aliphatic heterocycles. The number of H-pyrrole nitrogens is 4. The van der Waals surface area contributed by atoms with Crippen molar-refractivity contribution < 1.29 is 29.8 Å². The highest BCUT2D eigenvalue weighted by Crippen LogP contribution is 2.38. The number of aromatic amines is 4. The number of hydrogen-bond acceptors (Lipinski definition) is 2. The fourth-order valence-corrected chi connectivity index (χ4v) is 7.61. The van der Waals surface area contributed by atoms with Gasteiger partial charge in [0.15, 0.2) is 0 Å². The topological polar surface area (TPSA) is 134 Å². The number of allylic oxidation sites excluding steroid dienone is 4. The number of aliphatic carboxylic acids is 2. The summed E-state index contributed by atoms with van der Waals surface area (Å²) in [5, 5.41) is 19.0. The first-order valence-electron chi connectivity index (χ1n) is 14.7. The molecule has 2 unspecified atom stereocenters. The Labute approximate surface area is 273 Å². The molecule has 8 nitrogen and oxygen atoms in total. The Morgan fingerprint density at radius 3 is 1.45 bits per heavy atom. The number of nitrogens with one attached hydrogen (secondary N) is 4. The number of carboxylic acid groups (broad SMARTS) is 2. The van der Waals surface area contributed by atoms with Gasteiger partial charge in [-0.2, -0.15) is 0 Å². The molecule has 0 saturated carbocycles. The summed E-state index contributed by atoms with van der Waals surface area (Å²) in [4.78, 5) is 37.9. The summed E-state index contributed by atoms with van der Waals surface area (Å²) in [6.45, 7) is 12.5. The van der Waals surface area contributed by atoms with E-state index in [9.17, 15) is 19.8 Å². The van der Waals surface area contributed by atoms with Crippen molar-refractivity contribution in [3.8, 4) is 0 Å². The fourth-order valence-electron chi connectivity index (χ4n) is 6.43. The van der Waals surface area contributed by atoms with E-state index in [4.69, 9.17) is 0 Å². The van der Waals surface area contributed by atoms with Crippen LogP contribution in [0.2, 0.25) is 0 Å². The maximum absolute atomic E-state index is 11.6. The molecule has 3 aromatic heterocycles. The van der Waals surface area contributed by atoms with Crippen molar-refractivity contribution in [2.24, 2.45) is 0 Å². The number of hydrogen-bond donors (Lipinski definition) is 4. The van der Waals surface area contributed by atoms with Crippen LogP contribution >= 0.6 is 31.9 Å². The molecular weight excluding hydrogens is 688 g/mol. The van der Waals surface area contributed by atoms with Crippen LogP contribution in [0.3, 0.4) is 0 Å². The predicted molar refractivity (Wildman–Crippen MR) is 181 cm³/mol. The van der Waals surface area contributed by atoms with Gasteiger partial charge in [-0.15, -0.1) is 0 Å². The van der Waals surface area contributed by atoms with Crippen molar-refractivity contribution >= 4 is 88.2 Å². The van der Waals surface area contributed by atoms with Gasteiger partial charge < -0.3 is 20.2 Å². The predicted octanol–water partition coefficient (Wildman–Crippen LogP) is 8.27. The zero-order valence-corrected chi connectivity index (χ0v) is 28.9. The Hall–Kier alpha value is -3.50. The Bertz CT molecular complexity index is 1930. The van der Waals surface area contributed by atoms with E-state index in [1.54, 1.807) is 0 Å². The number of aromatic nitrogens is 4. The zero-order valence-electron chi connectivity index (χ0n) is 25.8. The summed E-state index contributed by atoms with van der Waals surface area (Å²) in [5.74, 6) is -1.72. The lowest BCUT2D eigenvalue weighted by molar-refractivity contribution is -0.388. The van der Waals surface area contributed by atoms with Crippen LogP contribution in [0.15, 0.2) is 24.3 Å². The van der Waals surface area contributed by atoms with Crippen LogP contribution in [0.25, 0.3) is 44.4 Å². The lowest BCUT2D eigenvalue weighted by Crippen LogP contribution is -2.11. The van der Waals surface area contributed by atoms with Crippen LogP contribution in [0, 0.1) is 13.8 Å². The van der Waals surface area contributed by atoms with Gasteiger partial charge in [-0.05, 0) is 82.7 Å². The van der Waals surface area contributed by atoms with Crippen molar-refractivity contribution in [2.75, 3.05) is 0 Å². The molecule has 0 spiro atoms. The highest BCUT2D eigenvalue weighted by atomic mass is 79.9. The van der Waals surface area contributed by atoms with Gasteiger partial charge in [0.2, 0.25) is 22.8 Å². The minimum atomic E-state index is -0.858. The van der Waals surface area contributed by atoms with Crippen LogP contribution in [-0.2, 0) is 9.59 Å². The minimum Gasteiger partial charge on any atom is -0.481 e. The molecule has 8 bridgehead atoms. The van der Waals surface area contributed by atoms with Crippen molar-refractivity contribution in [3.05, 3.63) is 69.3 Å². The molecule has 0 aromatic carbocycles. The van der Waals surface area contributed by atoms with E-state index >= 15 is 0 Å². The number of halogens is 2. The van der Waals surface area contributed by atoms with Crippen molar-refractivity contribution in [1.29, 1.82) is 0 Å². The molecule has 0 amide bonds. The highest BCUT2D eigenvalue weighted by molar-refractivity contribution is 9.09. The number of alkyl halides is 2. The molecule has 230 valence electrons. The lowest BCUT2D eigenvalue weighted by atomic mass is 9.98.